The smallest absolute Gasteiger partial charge is 0.234 e. The van der Waals surface area contributed by atoms with Gasteiger partial charge in [-0.15, -0.1) is 0 Å². The van der Waals surface area contributed by atoms with Crippen molar-refractivity contribution in [2.45, 2.75) is 17.7 Å². The topological polar surface area (TPSA) is 95.2 Å². The molecule has 2 aromatic carbocycles. The molecule has 1 spiro atoms. The van der Waals surface area contributed by atoms with Crippen LogP contribution in [0.15, 0.2) is 47.4 Å². The molecule has 2 aliphatic heterocycles. The van der Waals surface area contributed by atoms with E-state index in [1.54, 1.807) is 24.3 Å². The molecule has 8 heteroatoms. The molecule has 0 unspecified atom stereocenters. The Hall–Kier alpha value is -2.71. The summed E-state index contributed by atoms with van der Waals surface area (Å²) in [6.07, 6.45) is 2.97. The summed E-state index contributed by atoms with van der Waals surface area (Å²) in [5.74, 6) is 0.199. The number of aromatic nitrogens is 2. The number of sulfone groups is 1. The van der Waals surface area contributed by atoms with Crippen LogP contribution in [-0.4, -0.2) is 50.4 Å². The van der Waals surface area contributed by atoms with E-state index in [1.165, 1.54) is 6.26 Å². The molecule has 5 rings (SSSR count). The lowest BCUT2D eigenvalue weighted by molar-refractivity contribution is -0.124. The highest BCUT2D eigenvalue weighted by atomic mass is 32.2. The fraction of sp³-hybridized carbons (Fsp3) is 0.333. The van der Waals surface area contributed by atoms with E-state index in [9.17, 15) is 13.2 Å². The molecule has 29 heavy (non-hydrogen) atoms. The van der Waals surface area contributed by atoms with E-state index < -0.39 is 9.84 Å². The maximum Gasteiger partial charge on any atom is 0.234 e. The van der Waals surface area contributed by atoms with Crippen LogP contribution in [0.25, 0.3) is 22.2 Å². The number of carbonyl (C=O) groups is 1. The highest BCUT2D eigenvalue weighted by Gasteiger charge is 2.48. The number of carbonyl (C=O) groups excluding carboxylic acids is 1. The van der Waals surface area contributed by atoms with Gasteiger partial charge in [0.25, 0.3) is 0 Å². The number of hydrogen-bond donors (Lipinski definition) is 2. The van der Waals surface area contributed by atoms with Gasteiger partial charge < -0.3 is 10.2 Å². The molecule has 3 heterocycles. The van der Waals surface area contributed by atoms with Crippen LogP contribution in [-0.2, 0) is 14.6 Å². The first-order chi connectivity index (χ1) is 13.9. The fourth-order valence-corrected chi connectivity index (χ4v) is 5.09. The van der Waals surface area contributed by atoms with Crippen LogP contribution < -0.4 is 10.2 Å². The van der Waals surface area contributed by atoms with E-state index in [1.807, 2.05) is 23.1 Å². The quantitative estimate of drug-likeness (QED) is 0.691. The molecule has 150 valence electrons. The number of hydrogen-bond acceptors (Lipinski definition) is 5. The lowest BCUT2D eigenvalue weighted by Gasteiger charge is -2.22. The Labute approximate surface area is 169 Å². The second kappa shape index (κ2) is 6.40. The van der Waals surface area contributed by atoms with Gasteiger partial charge in [-0.3, -0.25) is 9.89 Å². The highest BCUT2D eigenvalue weighted by Crippen LogP contribution is 2.40. The van der Waals surface area contributed by atoms with Crippen molar-refractivity contribution in [2.75, 3.05) is 30.8 Å². The van der Waals surface area contributed by atoms with Crippen molar-refractivity contribution in [3.8, 4) is 11.3 Å². The van der Waals surface area contributed by atoms with Gasteiger partial charge in [-0.25, -0.2) is 8.42 Å². The summed E-state index contributed by atoms with van der Waals surface area (Å²) in [5, 5.41) is 11.7. The zero-order chi connectivity index (χ0) is 20.2. The molecule has 1 amide bonds. The third kappa shape index (κ3) is 2.94. The van der Waals surface area contributed by atoms with Crippen molar-refractivity contribution >= 4 is 32.3 Å². The molecule has 1 atom stereocenters. The molecule has 0 bridgehead atoms. The molecule has 3 aromatic rings. The SMILES string of the molecule is CS(=O)(=O)c1ccc(-c2n[nH]c3ccc(N4CC[C@]5(CCNC5)C4=O)cc23)cc1. The molecular weight excluding hydrogens is 388 g/mol. The third-order valence-corrected chi connectivity index (χ3v) is 7.30. The van der Waals surface area contributed by atoms with E-state index >= 15 is 0 Å². The van der Waals surface area contributed by atoms with E-state index in [0.29, 0.717) is 0 Å². The number of rotatable bonds is 3. The zero-order valence-corrected chi connectivity index (χ0v) is 16.9. The van der Waals surface area contributed by atoms with Gasteiger partial charge in [-0.2, -0.15) is 5.10 Å². The van der Waals surface area contributed by atoms with E-state index in [-0.39, 0.29) is 16.2 Å². The van der Waals surface area contributed by atoms with E-state index in [2.05, 4.69) is 15.5 Å². The van der Waals surface area contributed by atoms with Crippen LogP contribution in [0, 0.1) is 5.41 Å². The van der Waals surface area contributed by atoms with Gasteiger partial charge in [0.2, 0.25) is 5.91 Å². The van der Waals surface area contributed by atoms with Gasteiger partial charge in [-0.05, 0) is 49.7 Å². The zero-order valence-electron chi connectivity index (χ0n) is 16.1. The highest BCUT2D eigenvalue weighted by molar-refractivity contribution is 7.90. The number of H-pyrrole nitrogens is 1. The van der Waals surface area contributed by atoms with Crippen LogP contribution in [0.5, 0.6) is 0 Å². The van der Waals surface area contributed by atoms with Crippen LogP contribution >= 0.6 is 0 Å². The number of nitrogens with zero attached hydrogens (tertiary/aromatic N) is 2. The van der Waals surface area contributed by atoms with Gasteiger partial charge in [0, 0.05) is 36.0 Å². The summed E-state index contributed by atoms with van der Waals surface area (Å²) in [6, 6.07) is 12.6. The molecule has 0 saturated carbocycles. The maximum absolute atomic E-state index is 13.1. The number of aromatic amines is 1. The number of amides is 1. The van der Waals surface area contributed by atoms with Crippen LogP contribution in [0.2, 0.25) is 0 Å². The first-order valence-electron chi connectivity index (χ1n) is 9.69. The predicted octanol–water partition coefficient (Wildman–Crippen LogP) is 2.35. The second-order valence-corrected chi connectivity index (χ2v) is 10.0. The Morgan fingerprint density at radius 2 is 1.90 bits per heavy atom. The molecule has 2 N–H and O–H groups in total. The number of anilines is 1. The molecule has 2 saturated heterocycles. The van der Waals surface area contributed by atoms with Gasteiger partial charge in [0.05, 0.1) is 21.5 Å². The van der Waals surface area contributed by atoms with Crippen molar-refractivity contribution in [3.63, 3.8) is 0 Å². The van der Waals surface area contributed by atoms with Crippen molar-refractivity contribution < 1.29 is 13.2 Å². The first kappa shape index (κ1) is 18.3. The van der Waals surface area contributed by atoms with Gasteiger partial charge in [0.1, 0.15) is 0 Å². The van der Waals surface area contributed by atoms with Gasteiger partial charge in [0.15, 0.2) is 9.84 Å². The van der Waals surface area contributed by atoms with E-state index in [4.69, 9.17) is 0 Å². The summed E-state index contributed by atoms with van der Waals surface area (Å²) in [6.45, 7) is 2.38. The average molecular weight is 410 g/mol. The Morgan fingerprint density at radius 3 is 2.59 bits per heavy atom. The minimum absolute atomic E-state index is 0.199. The van der Waals surface area contributed by atoms with Crippen molar-refractivity contribution in [1.29, 1.82) is 0 Å². The molecule has 2 aliphatic rings. The summed E-state index contributed by atoms with van der Waals surface area (Å²) in [4.78, 5) is 15.3. The normalized spacial score (nSPS) is 22.2. The summed E-state index contributed by atoms with van der Waals surface area (Å²) >= 11 is 0. The van der Waals surface area contributed by atoms with E-state index in [0.717, 1.165) is 60.3 Å². The molecule has 2 fully saturated rings. The predicted molar refractivity (Wildman–Crippen MR) is 112 cm³/mol. The standard InChI is InChI=1S/C21H22N4O3S/c1-29(27,28)16-5-2-14(3-6-16)19-17-12-15(4-7-18(17)23-24-19)25-11-9-21(20(25)26)8-10-22-13-21/h2-7,12,22H,8-11,13H2,1H3,(H,23,24)/t21-/m0/s1. The maximum atomic E-state index is 13.1. The Balaban J connectivity index is 1.52. The lowest BCUT2D eigenvalue weighted by Crippen LogP contribution is -2.36. The molecule has 7 nitrogen and oxygen atoms in total. The first-order valence-corrected chi connectivity index (χ1v) is 11.6. The van der Waals surface area contributed by atoms with Crippen molar-refractivity contribution in [1.82, 2.24) is 15.5 Å². The van der Waals surface area contributed by atoms with Crippen molar-refractivity contribution in [2.24, 2.45) is 5.41 Å². The third-order valence-electron chi connectivity index (χ3n) is 6.17. The largest absolute Gasteiger partial charge is 0.316 e. The van der Waals surface area contributed by atoms with Gasteiger partial charge >= 0.3 is 0 Å². The fourth-order valence-electron chi connectivity index (χ4n) is 4.46. The Kier molecular flexibility index (Phi) is 4.04. The minimum atomic E-state index is -3.24. The summed E-state index contributed by atoms with van der Waals surface area (Å²) < 4.78 is 23.4. The molecule has 1 aromatic heterocycles. The Morgan fingerprint density at radius 1 is 1.10 bits per heavy atom. The average Bonchev–Trinajstić information content (AvgIpc) is 3.42. The molecular formula is C21H22N4O3S. The monoisotopic (exact) mass is 410 g/mol. The second-order valence-electron chi connectivity index (χ2n) is 8.01. The minimum Gasteiger partial charge on any atom is -0.316 e. The van der Waals surface area contributed by atoms with Gasteiger partial charge in [-0.1, -0.05) is 12.1 Å². The summed E-state index contributed by atoms with van der Waals surface area (Å²) in [5.41, 5.74) is 3.06. The lowest BCUT2D eigenvalue weighted by atomic mass is 9.86. The van der Waals surface area contributed by atoms with Crippen LogP contribution in [0.4, 0.5) is 5.69 Å². The van der Waals surface area contributed by atoms with Crippen LogP contribution in [0.1, 0.15) is 12.8 Å². The van der Waals surface area contributed by atoms with Crippen molar-refractivity contribution in [3.05, 3.63) is 42.5 Å². The number of nitrogens with one attached hydrogen (secondary N) is 2. The number of fused-ring (bicyclic) bond motifs is 1. The summed E-state index contributed by atoms with van der Waals surface area (Å²) in [7, 11) is -3.24. The molecule has 0 radical (unpaired) electrons. The number of benzene rings is 2. The molecule has 0 aliphatic carbocycles. The van der Waals surface area contributed by atoms with Crippen LogP contribution in [0.3, 0.4) is 0 Å². The Bertz CT molecular complexity index is 1210.